The van der Waals surface area contributed by atoms with Gasteiger partial charge in [-0.1, -0.05) is 140 Å². The van der Waals surface area contributed by atoms with E-state index in [9.17, 15) is 4.39 Å². The highest BCUT2D eigenvalue weighted by Gasteiger charge is 2.42. The van der Waals surface area contributed by atoms with Gasteiger partial charge in [0.05, 0.1) is 6.17 Å². The zero-order valence-electron chi connectivity index (χ0n) is 31.4. The number of benzene rings is 3. The van der Waals surface area contributed by atoms with E-state index in [1.807, 2.05) is 6.08 Å². The van der Waals surface area contributed by atoms with Crippen molar-refractivity contribution in [3.05, 3.63) is 166 Å². The van der Waals surface area contributed by atoms with Crippen molar-refractivity contribution >= 4 is 11.6 Å². The summed E-state index contributed by atoms with van der Waals surface area (Å²) in [4.78, 5) is 0. The molecule has 0 heterocycles. The van der Waals surface area contributed by atoms with Gasteiger partial charge in [-0.05, 0) is 160 Å². The van der Waals surface area contributed by atoms with Crippen LogP contribution < -0.4 is 0 Å². The minimum Gasteiger partial charge on any atom is -0.248 e. The molecule has 6 atom stereocenters. The van der Waals surface area contributed by atoms with Gasteiger partial charge in [-0.15, -0.1) is 0 Å². The highest BCUT2D eigenvalue weighted by Crippen LogP contribution is 2.53. The van der Waals surface area contributed by atoms with Gasteiger partial charge in [-0.3, -0.25) is 0 Å². The molecular weight excluding hydrogens is 643 g/mol. The zero-order valence-corrected chi connectivity index (χ0v) is 32.1. The van der Waals surface area contributed by atoms with Crippen LogP contribution in [0.3, 0.4) is 0 Å². The third-order valence-electron chi connectivity index (χ3n) is 11.6. The molecule has 2 heteroatoms. The minimum atomic E-state index is -0.773. The van der Waals surface area contributed by atoms with Crippen LogP contribution in [0.25, 0.3) is 0 Å². The van der Waals surface area contributed by atoms with E-state index in [0.29, 0.717) is 36.0 Å². The first-order valence-electron chi connectivity index (χ1n) is 19.7. The normalized spacial score (nSPS) is 23.0. The number of allylic oxidation sites excluding steroid dienone is 9. The van der Waals surface area contributed by atoms with Gasteiger partial charge in [0.2, 0.25) is 0 Å². The van der Waals surface area contributed by atoms with Crippen LogP contribution in [0.5, 0.6) is 0 Å². The maximum Gasteiger partial charge on any atom is 0.0976 e. The summed E-state index contributed by atoms with van der Waals surface area (Å²) < 4.78 is 13.5. The van der Waals surface area contributed by atoms with E-state index >= 15 is 0 Å². The average molecular weight is 703 g/mol. The van der Waals surface area contributed by atoms with Gasteiger partial charge in [-0.2, -0.15) is 0 Å². The molecule has 0 aliphatic heterocycles. The summed E-state index contributed by atoms with van der Waals surface area (Å²) in [6, 6.07) is 26.7. The molecule has 2 aliphatic rings. The van der Waals surface area contributed by atoms with Gasteiger partial charge in [0.15, 0.2) is 0 Å². The number of hydrogen-bond acceptors (Lipinski definition) is 0. The molecule has 0 bridgehead atoms. The Hall–Kier alpha value is -3.42. The number of halogens is 2. The fourth-order valence-electron chi connectivity index (χ4n) is 8.97. The second-order valence-electron chi connectivity index (χ2n) is 15.3. The third kappa shape index (κ3) is 11.5. The SMILES string of the molecule is C=C/C=C(\C=C/C)CCC1C(CCC2=CCCC=C2)C(C)CC(c2ccc(Cl)c(Cc3ccc(CCC(C)F)cc3)c2)C1CCc1ccccc1. The first-order chi connectivity index (χ1) is 24.8. The lowest BCUT2D eigenvalue weighted by Crippen LogP contribution is -2.39. The van der Waals surface area contributed by atoms with Gasteiger partial charge in [0.25, 0.3) is 0 Å². The molecule has 270 valence electrons. The molecule has 51 heavy (non-hydrogen) atoms. The standard InChI is InChI=1S/C49H60ClF/c1-5-13-38(14-6-2)26-30-46-45(29-25-39-15-9-7-10-16-39)36(3)33-48(47(46)31-27-40-17-11-8-12-18-40)43-28-32-49(50)44(35-43)34-42-23-21-41(22-24-42)20-19-37(4)51/h5-6,8-9,11-18,21-24,28,32,35-37,45-48H,1,7,10,19-20,25-27,29-31,33-34H2,2-4H3/b14-6-,38-13+. The van der Waals surface area contributed by atoms with Crippen LogP contribution in [-0.2, 0) is 19.3 Å². The maximum absolute atomic E-state index is 13.5. The molecule has 0 amide bonds. The fraction of sp³-hybridized carbons (Fsp3) is 0.429. The molecule has 6 unspecified atom stereocenters. The van der Waals surface area contributed by atoms with Crippen LogP contribution in [0.2, 0.25) is 5.02 Å². The number of hydrogen-bond donors (Lipinski definition) is 0. The van der Waals surface area contributed by atoms with Crippen LogP contribution in [0.1, 0.15) is 112 Å². The molecule has 0 saturated heterocycles. The highest BCUT2D eigenvalue weighted by atomic mass is 35.5. The summed E-state index contributed by atoms with van der Waals surface area (Å²) in [5, 5.41) is 0.840. The summed E-state index contributed by atoms with van der Waals surface area (Å²) in [6.07, 6.45) is 27.7. The molecule has 1 fully saturated rings. The Morgan fingerprint density at radius 1 is 0.882 bits per heavy atom. The Labute approximate surface area is 314 Å². The molecule has 2 aliphatic carbocycles. The highest BCUT2D eigenvalue weighted by molar-refractivity contribution is 6.31. The lowest BCUT2D eigenvalue weighted by atomic mass is 9.57. The van der Waals surface area contributed by atoms with Crippen molar-refractivity contribution in [3.63, 3.8) is 0 Å². The number of alkyl halides is 1. The number of aryl methyl sites for hydroxylation is 2. The van der Waals surface area contributed by atoms with Crippen molar-refractivity contribution in [1.82, 2.24) is 0 Å². The Bertz CT molecular complexity index is 1640. The molecule has 5 rings (SSSR count). The van der Waals surface area contributed by atoms with Crippen LogP contribution in [0.15, 0.2) is 133 Å². The molecule has 3 aromatic rings. The largest absolute Gasteiger partial charge is 0.248 e. The summed E-state index contributed by atoms with van der Waals surface area (Å²) in [5.41, 5.74) is 9.43. The lowest BCUT2D eigenvalue weighted by Gasteiger charge is -2.48. The third-order valence-corrected chi connectivity index (χ3v) is 12.0. The van der Waals surface area contributed by atoms with Crippen molar-refractivity contribution in [2.24, 2.45) is 23.7 Å². The first-order valence-corrected chi connectivity index (χ1v) is 20.1. The quantitative estimate of drug-likeness (QED) is 0.123. The predicted molar refractivity (Wildman–Crippen MR) is 219 cm³/mol. The van der Waals surface area contributed by atoms with Gasteiger partial charge in [-0.25, -0.2) is 4.39 Å². The Morgan fingerprint density at radius 3 is 2.33 bits per heavy atom. The van der Waals surface area contributed by atoms with Crippen molar-refractivity contribution in [2.45, 2.75) is 110 Å². The van der Waals surface area contributed by atoms with Crippen molar-refractivity contribution in [2.75, 3.05) is 0 Å². The molecule has 0 spiro atoms. The second kappa shape index (κ2) is 20.0. The van der Waals surface area contributed by atoms with E-state index in [1.54, 1.807) is 6.92 Å². The van der Waals surface area contributed by atoms with E-state index < -0.39 is 6.17 Å². The summed E-state index contributed by atoms with van der Waals surface area (Å²) in [7, 11) is 0. The van der Waals surface area contributed by atoms with Crippen LogP contribution in [0.4, 0.5) is 4.39 Å². The van der Waals surface area contributed by atoms with Crippen LogP contribution in [0, 0.1) is 23.7 Å². The monoisotopic (exact) mass is 702 g/mol. The predicted octanol–water partition coefficient (Wildman–Crippen LogP) is 14.4. The molecule has 0 aromatic heterocycles. The Morgan fingerprint density at radius 2 is 1.63 bits per heavy atom. The van der Waals surface area contributed by atoms with E-state index in [4.69, 9.17) is 11.6 Å². The summed E-state index contributed by atoms with van der Waals surface area (Å²) in [5.74, 6) is 2.98. The maximum atomic E-state index is 13.5. The Balaban J connectivity index is 1.46. The molecule has 1 saturated carbocycles. The van der Waals surface area contributed by atoms with E-state index in [2.05, 4.69) is 130 Å². The summed E-state index contributed by atoms with van der Waals surface area (Å²) >= 11 is 6.94. The average Bonchev–Trinajstić information content (AvgIpc) is 3.14. The molecular formula is C49H60ClF. The van der Waals surface area contributed by atoms with E-state index in [-0.39, 0.29) is 0 Å². The summed E-state index contributed by atoms with van der Waals surface area (Å²) in [6.45, 7) is 10.3. The molecule has 3 aromatic carbocycles. The molecule has 0 N–H and O–H groups in total. The van der Waals surface area contributed by atoms with Gasteiger partial charge in [0.1, 0.15) is 0 Å². The zero-order chi connectivity index (χ0) is 36.0. The fourth-order valence-corrected chi connectivity index (χ4v) is 9.15. The minimum absolute atomic E-state index is 0.480. The lowest BCUT2D eigenvalue weighted by molar-refractivity contribution is 0.0589. The first kappa shape index (κ1) is 38.8. The topological polar surface area (TPSA) is 0 Å². The van der Waals surface area contributed by atoms with Crippen LogP contribution in [-0.4, -0.2) is 6.17 Å². The van der Waals surface area contributed by atoms with Crippen molar-refractivity contribution in [3.8, 4) is 0 Å². The number of rotatable bonds is 17. The van der Waals surface area contributed by atoms with Crippen molar-refractivity contribution < 1.29 is 4.39 Å². The van der Waals surface area contributed by atoms with E-state index in [0.717, 1.165) is 30.7 Å². The van der Waals surface area contributed by atoms with E-state index in [1.165, 1.54) is 83.9 Å². The smallest absolute Gasteiger partial charge is 0.0976 e. The van der Waals surface area contributed by atoms with Gasteiger partial charge < -0.3 is 0 Å². The Kier molecular flexibility index (Phi) is 15.2. The second-order valence-corrected chi connectivity index (χ2v) is 15.7. The van der Waals surface area contributed by atoms with Gasteiger partial charge in [0, 0.05) is 5.02 Å². The van der Waals surface area contributed by atoms with Crippen molar-refractivity contribution in [1.29, 1.82) is 0 Å². The molecule has 0 radical (unpaired) electrons. The molecule has 0 nitrogen and oxygen atoms in total. The van der Waals surface area contributed by atoms with Gasteiger partial charge >= 0.3 is 0 Å². The van der Waals surface area contributed by atoms with Crippen LogP contribution >= 0.6 is 11.6 Å².